The fourth-order valence-electron chi connectivity index (χ4n) is 4.11. The summed E-state index contributed by atoms with van der Waals surface area (Å²) < 4.78 is 10.8. The highest BCUT2D eigenvalue weighted by molar-refractivity contribution is 6.05. The number of carbonyl (C=O) groups excluding carboxylic acids is 4. The summed E-state index contributed by atoms with van der Waals surface area (Å²) in [5.41, 5.74) is 2.10. The SMILES string of the molecule is C[C@@H]1CC[C@H](COC(=O)NCc2ccc3c(c2)C(=O)N([C@@H]2CCC(=O)NC2=O)C3)O1. The zero-order valence-corrected chi connectivity index (χ0v) is 16.8. The standard InChI is InChI=1S/C21H25N3O6/c1-12-2-5-15(30-12)11-29-21(28)22-9-13-3-4-14-10-24(20(27)16(14)8-13)17-6-7-18(25)23-19(17)26/h3-4,8,12,15,17H,2,5-7,9-11H2,1H3,(H,22,28)(H,23,25,26)/t12-,15-,17-/m1/s1. The lowest BCUT2D eigenvalue weighted by atomic mass is 10.0. The second kappa shape index (κ2) is 8.43. The van der Waals surface area contributed by atoms with Crippen molar-refractivity contribution < 1.29 is 28.7 Å². The average Bonchev–Trinajstić information content (AvgIpc) is 3.28. The molecule has 0 bridgehead atoms. The van der Waals surface area contributed by atoms with Crippen molar-refractivity contribution in [2.24, 2.45) is 0 Å². The van der Waals surface area contributed by atoms with Crippen LogP contribution in [0.25, 0.3) is 0 Å². The van der Waals surface area contributed by atoms with Crippen molar-refractivity contribution in [2.45, 2.75) is 63.9 Å². The van der Waals surface area contributed by atoms with E-state index in [1.807, 2.05) is 19.1 Å². The van der Waals surface area contributed by atoms with E-state index in [-0.39, 0.29) is 43.6 Å². The minimum atomic E-state index is -0.639. The third-order valence-electron chi connectivity index (χ3n) is 5.75. The Morgan fingerprint density at radius 1 is 1.27 bits per heavy atom. The number of nitrogens with zero attached hydrogens (tertiary/aromatic N) is 1. The highest BCUT2D eigenvalue weighted by atomic mass is 16.6. The van der Waals surface area contributed by atoms with Gasteiger partial charge in [-0.15, -0.1) is 0 Å². The Morgan fingerprint density at radius 2 is 2.10 bits per heavy atom. The summed E-state index contributed by atoms with van der Waals surface area (Å²) in [6, 6.07) is 4.75. The van der Waals surface area contributed by atoms with Crippen LogP contribution in [0.5, 0.6) is 0 Å². The minimum Gasteiger partial charge on any atom is -0.447 e. The molecule has 0 radical (unpaired) electrons. The van der Waals surface area contributed by atoms with Crippen molar-refractivity contribution in [3.63, 3.8) is 0 Å². The largest absolute Gasteiger partial charge is 0.447 e. The van der Waals surface area contributed by atoms with Gasteiger partial charge in [0.1, 0.15) is 12.6 Å². The zero-order valence-electron chi connectivity index (χ0n) is 16.8. The molecular weight excluding hydrogens is 390 g/mol. The van der Waals surface area contributed by atoms with E-state index in [1.165, 1.54) is 4.90 Å². The first-order chi connectivity index (χ1) is 14.4. The number of amides is 4. The maximum atomic E-state index is 12.8. The number of ether oxygens (including phenoxy) is 2. The molecule has 160 valence electrons. The molecule has 0 unspecified atom stereocenters. The van der Waals surface area contributed by atoms with Gasteiger partial charge >= 0.3 is 6.09 Å². The van der Waals surface area contributed by atoms with Crippen LogP contribution in [0.3, 0.4) is 0 Å². The first-order valence-corrected chi connectivity index (χ1v) is 10.2. The van der Waals surface area contributed by atoms with Gasteiger partial charge in [-0.2, -0.15) is 0 Å². The molecule has 2 fully saturated rings. The predicted octanol–water partition coefficient (Wildman–Crippen LogP) is 1.24. The topological polar surface area (TPSA) is 114 Å². The Balaban J connectivity index is 1.31. The van der Waals surface area contributed by atoms with Gasteiger partial charge in [0.2, 0.25) is 11.8 Å². The van der Waals surface area contributed by atoms with Crippen molar-refractivity contribution in [1.29, 1.82) is 0 Å². The van der Waals surface area contributed by atoms with E-state index < -0.39 is 18.0 Å². The maximum Gasteiger partial charge on any atom is 0.407 e. The third-order valence-corrected chi connectivity index (χ3v) is 5.75. The van der Waals surface area contributed by atoms with E-state index in [0.29, 0.717) is 18.5 Å². The monoisotopic (exact) mass is 415 g/mol. The molecule has 1 aromatic carbocycles. The molecule has 1 aromatic rings. The number of piperidine rings is 1. The van der Waals surface area contributed by atoms with Crippen LogP contribution in [0.1, 0.15) is 54.1 Å². The quantitative estimate of drug-likeness (QED) is 0.700. The first-order valence-electron chi connectivity index (χ1n) is 10.2. The predicted molar refractivity (Wildman–Crippen MR) is 104 cm³/mol. The van der Waals surface area contributed by atoms with E-state index in [1.54, 1.807) is 6.07 Å². The number of carbonyl (C=O) groups is 4. The van der Waals surface area contributed by atoms with Gasteiger partial charge in [-0.3, -0.25) is 19.7 Å². The summed E-state index contributed by atoms with van der Waals surface area (Å²) in [7, 11) is 0. The third kappa shape index (κ3) is 4.30. The summed E-state index contributed by atoms with van der Waals surface area (Å²) >= 11 is 0. The molecule has 4 rings (SSSR count). The van der Waals surface area contributed by atoms with Gasteiger partial charge < -0.3 is 19.7 Å². The van der Waals surface area contributed by atoms with Crippen molar-refractivity contribution in [2.75, 3.05) is 6.61 Å². The molecular formula is C21H25N3O6. The van der Waals surface area contributed by atoms with E-state index in [0.717, 1.165) is 24.0 Å². The Labute approximate surface area is 174 Å². The summed E-state index contributed by atoms with van der Waals surface area (Å²) in [5, 5.41) is 4.97. The van der Waals surface area contributed by atoms with Crippen molar-refractivity contribution in [1.82, 2.24) is 15.5 Å². The molecule has 2 saturated heterocycles. The lowest BCUT2D eigenvalue weighted by Gasteiger charge is -2.29. The number of hydrogen-bond donors (Lipinski definition) is 2. The Kier molecular flexibility index (Phi) is 5.72. The van der Waals surface area contributed by atoms with Crippen molar-refractivity contribution in [3.8, 4) is 0 Å². The number of fused-ring (bicyclic) bond motifs is 1. The van der Waals surface area contributed by atoms with Crippen molar-refractivity contribution >= 4 is 23.8 Å². The molecule has 0 aliphatic carbocycles. The molecule has 3 aliphatic rings. The summed E-state index contributed by atoms with van der Waals surface area (Å²) in [6.07, 6.45) is 2.01. The van der Waals surface area contributed by atoms with Crippen LogP contribution in [-0.2, 0) is 32.2 Å². The van der Waals surface area contributed by atoms with Crippen molar-refractivity contribution in [3.05, 3.63) is 34.9 Å². The second-order valence-electron chi connectivity index (χ2n) is 7.99. The Morgan fingerprint density at radius 3 is 2.83 bits per heavy atom. The maximum absolute atomic E-state index is 12.8. The van der Waals surface area contributed by atoms with E-state index >= 15 is 0 Å². The Hall–Kier alpha value is -2.94. The van der Waals surface area contributed by atoms with Crippen LogP contribution in [-0.4, -0.2) is 53.6 Å². The Bertz CT molecular complexity index is 885. The summed E-state index contributed by atoms with van der Waals surface area (Å²) in [6.45, 7) is 2.77. The van der Waals surface area contributed by atoms with Crippen LogP contribution in [0.2, 0.25) is 0 Å². The molecule has 3 aliphatic heterocycles. The molecule has 2 N–H and O–H groups in total. The van der Waals surface area contributed by atoms with Gasteiger partial charge in [-0.1, -0.05) is 12.1 Å². The van der Waals surface area contributed by atoms with E-state index in [2.05, 4.69) is 10.6 Å². The number of hydrogen-bond acceptors (Lipinski definition) is 6. The minimum absolute atomic E-state index is 0.0540. The molecule has 30 heavy (non-hydrogen) atoms. The molecule has 4 amide bonds. The highest BCUT2D eigenvalue weighted by Crippen LogP contribution is 2.28. The number of benzene rings is 1. The smallest absolute Gasteiger partial charge is 0.407 e. The molecule has 0 aromatic heterocycles. The molecule has 9 heteroatoms. The molecule has 9 nitrogen and oxygen atoms in total. The lowest BCUT2D eigenvalue weighted by molar-refractivity contribution is -0.136. The van der Waals surface area contributed by atoms with Gasteiger partial charge in [0.15, 0.2) is 0 Å². The van der Waals surface area contributed by atoms with Gasteiger partial charge in [0, 0.05) is 25.1 Å². The van der Waals surface area contributed by atoms with Crippen LogP contribution in [0.4, 0.5) is 4.79 Å². The van der Waals surface area contributed by atoms with Gasteiger partial charge in [0.25, 0.3) is 5.91 Å². The van der Waals surface area contributed by atoms with Gasteiger partial charge in [-0.25, -0.2) is 4.79 Å². The molecule has 3 heterocycles. The van der Waals surface area contributed by atoms with Crippen LogP contribution < -0.4 is 10.6 Å². The summed E-state index contributed by atoms with van der Waals surface area (Å²) in [4.78, 5) is 49.7. The first kappa shape index (κ1) is 20.3. The number of rotatable bonds is 5. The average molecular weight is 415 g/mol. The van der Waals surface area contributed by atoms with Crippen LogP contribution in [0, 0.1) is 0 Å². The molecule has 0 saturated carbocycles. The number of nitrogens with one attached hydrogen (secondary N) is 2. The van der Waals surface area contributed by atoms with Gasteiger partial charge in [-0.05, 0) is 43.4 Å². The fraction of sp³-hybridized carbons (Fsp3) is 0.524. The van der Waals surface area contributed by atoms with E-state index in [4.69, 9.17) is 9.47 Å². The van der Waals surface area contributed by atoms with Gasteiger partial charge in [0.05, 0.1) is 12.2 Å². The highest BCUT2D eigenvalue weighted by Gasteiger charge is 2.39. The second-order valence-corrected chi connectivity index (χ2v) is 7.99. The lowest BCUT2D eigenvalue weighted by Crippen LogP contribution is -2.52. The van der Waals surface area contributed by atoms with Crippen LogP contribution >= 0.6 is 0 Å². The normalized spacial score (nSPS) is 25.8. The van der Waals surface area contributed by atoms with Crippen LogP contribution in [0.15, 0.2) is 18.2 Å². The van der Waals surface area contributed by atoms with E-state index in [9.17, 15) is 19.2 Å². The number of imide groups is 1. The fourth-order valence-corrected chi connectivity index (χ4v) is 4.11. The molecule has 3 atom stereocenters. The summed E-state index contributed by atoms with van der Waals surface area (Å²) in [5.74, 6) is -0.983. The number of alkyl carbamates (subject to hydrolysis) is 1. The zero-order chi connectivity index (χ0) is 21.3. The molecule has 0 spiro atoms.